The molecule has 34 heavy (non-hydrogen) atoms. The van der Waals surface area contributed by atoms with Gasteiger partial charge in [-0.05, 0) is 26.6 Å². The third-order valence-electron chi connectivity index (χ3n) is 6.31. The minimum atomic E-state index is -0.323. The molecule has 3 aliphatic rings. The standard InChI is InChI=1S/C25H31N7O2/c1-31(2)12-13-32(3)24-17-14-16(18-10-11-27-25(26)29-18)8-9-19(17)28-23(30-24)22-15-33-20-6-4-5-7-21(20)34-22/h4-7,9-11,14,16,20-22H,8,12-13,15H2,1-3H3,(H2,26,27,29). The van der Waals surface area contributed by atoms with Gasteiger partial charge < -0.3 is 25.0 Å². The first-order valence-corrected chi connectivity index (χ1v) is 11.6. The zero-order chi connectivity index (χ0) is 23.7. The molecule has 0 aromatic carbocycles. The van der Waals surface area contributed by atoms with Crippen LogP contribution >= 0.6 is 0 Å². The number of hydrogen-bond acceptors (Lipinski definition) is 9. The zero-order valence-corrected chi connectivity index (χ0v) is 19.8. The van der Waals surface area contributed by atoms with E-state index in [-0.39, 0.29) is 30.2 Å². The number of rotatable bonds is 6. The fraction of sp³-hybridized carbons (Fsp3) is 0.440. The van der Waals surface area contributed by atoms with Crippen molar-refractivity contribution in [3.63, 3.8) is 0 Å². The van der Waals surface area contributed by atoms with E-state index in [2.05, 4.69) is 53.1 Å². The molecule has 9 nitrogen and oxygen atoms in total. The average Bonchev–Trinajstić information content (AvgIpc) is 2.86. The van der Waals surface area contributed by atoms with E-state index in [1.54, 1.807) is 6.20 Å². The third-order valence-corrected chi connectivity index (χ3v) is 6.31. The number of nitrogens with zero attached hydrogens (tertiary/aromatic N) is 6. The molecule has 2 aromatic heterocycles. The Kier molecular flexibility index (Phi) is 6.40. The number of ether oxygens (including phenoxy) is 2. The topological polar surface area (TPSA) is 103 Å². The van der Waals surface area contributed by atoms with Gasteiger partial charge in [-0.2, -0.15) is 0 Å². The lowest BCUT2D eigenvalue weighted by atomic mass is 9.95. The molecule has 0 bridgehead atoms. The van der Waals surface area contributed by atoms with Gasteiger partial charge in [0.1, 0.15) is 24.1 Å². The summed E-state index contributed by atoms with van der Waals surface area (Å²) in [4.78, 5) is 22.7. The van der Waals surface area contributed by atoms with Crippen LogP contribution in [0.1, 0.15) is 30.0 Å². The van der Waals surface area contributed by atoms with Gasteiger partial charge in [-0.1, -0.05) is 36.5 Å². The van der Waals surface area contributed by atoms with Crippen LogP contribution in [0.2, 0.25) is 0 Å². The second-order valence-corrected chi connectivity index (χ2v) is 9.14. The Morgan fingerprint density at radius 2 is 1.88 bits per heavy atom. The third kappa shape index (κ3) is 4.72. The highest BCUT2D eigenvalue weighted by molar-refractivity contribution is 5.54. The Morgan fingerprint density at radius 3 is 2.68 bits per heavy atom. The van der Waals surface area contributed by atoms with E-state index in [9.17, 15) is 0 Å². The molecular formula is C25H31N7O2. The smallest absolute Gasteiger partial charge is 0.220 e. The molecule has 0 amide bonds. The largest absolute Gasteiger partial charge is 0.368 e. The van der Waals surface area contributed by atoms with Crippen LogP contribution in [0.5, 0.6) is 0 Å². The van der Waals surface area contributed by atoms with Gasteiger partial charge >= 0.3 is 0 Å². The lowest BCUT2D eigenvalue weighted by Gasteiger charge is -2.34. The van der Waals surface area contributed by atoms with Crippen molar-refractivity contribution in [1.29, 1.82) is 0 Å². The van der Waals surface area contributed by atoms with Crippen LogP contribution in [0.3, 0.4) is 0 Å². The predicted molar refractivity (Wildman–Crippen MR) is 131 cm³/mol. The molecule has 1 saturated heterocycles. The lowest BCUT2D eigenvalue weighted by molar-refractivity contribution is -0.153. The summed E-state index contributed by atoms with van der Waals surface area (Å²) in [5, 5.41) is 1.92. The zero-order valence-electron chi connectivity index (χ0n) is 19.8. The quantitative estimate of drug-likeness (QED) is 0.660. The monoisotopic (exact) mass is 461 g/mol. The fourth-order valence-corrected chi connectivity index (χ4v) is 4.41. The van der Waals surface area contributed by atoms with Gasteiger partial charge in [-0.15, -0.1) is 0 Å². The molecular weight excluding hydrogens is 430 g/mol. The summed E-state index contributed by atoms with van der Waals surface area (Å²) in [5.74, 6) is 1.91. The molecule has 9 heteroatoms. The highest BCUT2D eigenvalue weighted by Gasteiger charge is 2.33. The van der Waals surface area contributed by atoms with Crippen LogP contribution in [0.4, 0.5) is 11.8 Å². The van der Waals surface area contributed by atoms with Crippen molar-refractivity contribution in [2.24, 2.45) is 0 Å². The summed E-state index contributed by atoms with van der Waals surface area (Å²) in [6.45, 7) is 2.16. The number of nitrogen functional groups attached to an aromatic ring is 1. The predicted octanol–water partition coefficient (Wildman–Crippen LogP) is 0.546. The second kappa shape index (κ2) is 9.61. The summed E-state index contributed by atoms with van der Waals surface area (Å²) >= 11 is 0. The van der Waals surface area contributed by atoms with Crippen LogP contribution in [0.25, 0.3) is 12.2 Å². The molecule has 2 N–H and O–H groups in total. The van der Waals surface area contributed by atoms with Gasteiger partial charge in [0.25, 0.3) is 0 Å². The van der Waals surface area contributed by atoms with Gasteiger partial charge in [-0.25, -0.2) is 19.9 Å². The minimum Gasteiger partial charge on any atom is -0.368 e. The van der Waals surface area contributed by atoms with Gasteiger partial charge in [0.05, 0.1) is 17.6 Å². The molecule has 2 aromatic rings. The SMILES string of the molecule is CN(C)CCN(C)c1nc(C2COC3C=CC=CC3O2)nc2c1=CC(c1ccnc(N)n1)CC=2. The maximum atomic E-state index is 6.33. The molecule has 0 radical (unpaired) electrons. The van der Waals surface area contributed by atoms with E-state index in [1.807, 2.05) is 30.4 Å². The van der Waals surface area contributed by atoms with Crippen molar-refractivity contribution in [3.8, 4) is 0 Å². The van der Waals surface area contributed by atoms with Gasteiger partial charge in [0, 0.05) is 37.5 Å². The lowest BCUT2D eigenvalue weighted by Crippen LogP contribution is -2.44. The van der Waals surface area contributed by atoms with Crippen molar-refractivity contribution in [3.05, 3.63) is 58.7 Å². The fourth-order valence-electron chi connectivity index (χ4n) is 4.41. The molecule has 4 unspecified atom stereocenters. The first kappa shape index (κ1) is 22.6. The molecule has 4 atom stereocenters. The van der Waals surface area contributed by atoms with Gasteiger partial charge in [0.2, 0.25) is 5.95 Å². The number of nitrogens with two attached hydrogens (primary N) is 1. The number of anilines is 2. The number of aromatic nitrogens is 4. The highest BCUT2D eigenvalue weighted by Crippen LogP contribution is 2.28. The van der Waals surface area contributed by atoms with Crippen molar-refractivity contribution in [2.45, 2.75) is 30.7 Å². The first-order chi connectivity index (χ1) is 16.5. The van der Waals surface area contributed by atoms with E-state index in [4.69, 9.17) is 25.2 Å². The van der Waals surface area contributed by atoms with E-state index in [0.717, 1.165) is 41.6 Å². The Hall–Kier alpha value is -3.14. The van der Waals surface area contributed by atoms with E-state index < -0.39 is 0 Å². The van der Waals surface area contributed by atoms with Gasteiger partial charge in [-0.3, -0.25) is 0 Å². The van der Waals surface area contributed by atoms with Crippen molar-refractivity contribution >= 4 is 23.9 Å². The van der Waals surface area contributed by atoms with Crippen LogP contribution in [0.15, 0.2) is 36.6 Å². The molecule has 1 fully saturated rings. The van der Waals surface area contributed by atoms with E-state index in [0.29, 0.717) is 12.4 Å². The van der Waals surface area contributed by atoms with Crippen LogP contribution in [0, 0.1) is 0 Å². The molecule has 0 spiro atoms. The number of fused-ring (bicyclic) bond motifs is 2. The summed E-state index contributed by atoms with van der Waals surface area (Å²) < 4.78 is 12.4. The van der Waals surface area contributed by atoms with Crippen molar-refractivity contribution in [2.75, 3.05) is 51.5 Å². The average molecular weight is 462 g/mol. The number of allylic oxidation sites excluding steroid dienone is 2. The first-order valence-electron chi connectivity index (χ1n) is 11.6. The van der Waals surface area contributed by atoms with E-state index in [1.165, 1.54) is 0 Å². The molecule has 5 rings (SSSR count). The van der Waals surface area contributed by atoms with Crippen LogP contribution in [-0.4, -0.2) is 77.9 Å². The second-order valence-electron chi connectivity index (χ2n) is 9.14. The molecule has 1 aliphatic heterocycles. The Balaban J connectivity index is 1.52. The summed E-state index contributed by atoms with van der Waals surface area (Å²) in [5.41, 5.74) is 6.73. The summed E-state index contributed by atoms with van der Waals surface area (Å²) in [6.07, 6.45) is 14.4. The Bertz CT molecular complexity index is 1230. The molecule has 178 valence electrons. The normalized spacial score (nSPS) is 25.3. The van der Waals surface area contributed by atoms with Crippen molar-refractivity contribution < 1.29 is 9.47 Å². The molecule has 2 aliphatic carbocycles. The molecule has 0 saturated carbocycles. The van der Waals surface area contributed by atoms with Crippen LogP contribution < -0.4 is 21.2 Å². The molecule has 3 heterocycles. The summed E-state index contributed by atoms with van der Waals surface area (Å²) in [6, 6.07) is 1.91. The number of likely N-dealkylation sites (N-methyl/N-ethyl adjacent to an activating group) is 2. The van der Waals surface area contributed by atoms with Gasteiger partial charge in [0.15, 0.2) is 5.82 Å². The highest BCUT2D eigenvalue weighted by atomic mass is 16.6. The minimum absolute atomic E-state index is 0.0536. The Morgan fingerprint density at radius 1 is 1.06 bits per heavy atom. The summed E-state index contributed by atoms with van der Waals surface area (Å²) in [7, 11) is 6.21. The van der Waals surface area contributed by atoms with Crippen LogP contribution in [-0.2, 0) is 9.47 Å². The Labute approximate surface area is 199 Å². The maximum absolute atomic E-state index is 6.33. The van der Waals surface area contributed by atoms with Crippen molar-refractivity contribution in [1.82, 2.24) is 24.8 Å². The maximum Gasteiger partial charge on any atom is 0.220 e. The van der Waals surface area contributed by atoms with E-state index >= 15 is 0 Å². The number of hydrogen-bond donors (Lipinski definition) is 1.